The van der Waals surface area contributed by atoms with Gasteiger partial charge in [-0.1, -0.05) is 82.7 Å². The topological polar surface area (TPSA) is 18.5 Å². The van der Waals surface area contributed by atoms with Crippen molar-refractivity contribution in [2.24, 2.45) is 5.92 Å². The molecule has 0 bridgehead atoms. The summed E-state index contributed by atoms with van der Waals surface area (Å²) in [6, 6.07) is 15.1. The van der Waals surface area contributed by atoms with Gasteiger partial charge in [-0.25, -0.2) is 13.2 Å². The molecule has 0 amide bonds. The molecule has 0 spiro atoms. The summed E-state index contributed by atoms with van der Waals surface area (Å²) in [5.74, 6) is -0.365. The molecular weight excluding hydrogens is 485 g/mol. The monoisotopic (exact) mass is 524 g/mol. The van der Waals surface area contributed by atoms with Crippen LogP contribution in [-0.2, 0) is 6.61 Å². The average molecular weight is 525 g/mol. The van der Waals surface area contributed by atoms with Gasteiger partial charge in [0.15, 0.2) is 23.2 Å². The van der Waals surface area contributed by atoms with E-state index in [1.54, 1.807) is 48.5 Å². The molecule has 3 aromatic rings. The molecule has 1 aliphatic rings. The van der Waals surface area contributed by atoms with E-state index in [0.717, 1.165) is 38.5 Å². The van der Waals surface area contributed by atoms with Gasteiger partial charge in [-0.15, -0.1) is 0 Å². The predicted molar refractivity (Wildman–Crippen MR) is 147 cm³/mol. The second-order valence-electron chi connectivity index (χ2n) is 10.6. The van der Waals surface area contributed by atoms with E-state index in [2.05, 4.69) is 13.8 Å². The van der Waals surface area contributed by atoms with Crippen molar-refractivity contribution in [1.82, 2.24) is 0 Å². The molecule has 0 aliphatic heterocycles. The number of halogens is 3. The maximum Gasteiger partial charge on any atom is 0.166 e. The van der Waals surface area contributed by atoms with Crippen LogP contribution in [0.4, 0.5) is 13.2 Å². The molecule has 3 aromatic carbocycles. The zero-order valence-electron chi connectivity index (χ0n) is 22.6. The van der Waals surface area contributed by atoms with Gasteiger partial charge in [0.2, 0.25) is 0 Å². The molecule has 4 rings (SSSR count). The van der Waals surface area contributed by atoms with Gasteiger partial charge in [0.05, 0.1) is 6.61 Å². The number of ether oxygens (including phenoxy) is 2. The predicted octanol–water partition coefficient (Wildman–Crippen LogP) is 9.99. The van der Waals surface area contributed by atoms with Crippen molar-refractivity contribution in [2.45, 2.75) is 84.2 Å². The highest BCUT2D eigenvalue weighted by Gasteiger charge is 2.25. The molecule has 1 saturated carbocycles. The molecule has 2 nitrogen and oxygen atoms in total. The van der Waals surface area contributed by atoms with Crippen LogP contribution < -0.4 is 9.47 Å². The third-order valence-corrected chi connectivity index (χ3v) is 7.64. The fourth-order valence-corrected chi connectivity index (χ4v) is 5.21. The lowest BCUT2D eigenvalue weighted by atomic mass is 9.79. The molecular formula is C33H39F3O2. The lowest BCUT2D eigenvalue weighted by Crippen LogP contribution is -2.13. The Hall–Kier alpha value is -2.95. The van der Waals surface area contributed by atoms with Gasteiger partial charge in [0.25, 0.3) is 0 Å². The number of unbranched alkanes of at least 4 members (excludes halogenated alkanes) is 4. The minimum absolute atomic E-state index is 0.0894. The van der Waals surface area contributed by atoms with E-state index in [-0.39, 0.29) is 23.8 Å². The summed E-state index contributed by atoms with van der Waals surface area (Å²) in [7, 11) is 0. The highest BCUT2D eigenvalue weighted by molar-refractivity contribution is 5.65. The first-order valence-corrected chi connectivity index (χ1v) is 14.1. The summed E-state index contributed by atoms with van der Waals surface area (Å²) in [6.07, 6.45) is 9.51. The zero-order valence-corrected chi connectivity index (χ0v) is 22.6. The Morgan fingerprint density at radius 3 is 2.21 bits per heavy atom. The first-order valence-electron chi connectivity index (χ1n) is 14.1. The van der Waals surface area contributed by atoms with Crippen molar-refractivity contribution in [3.05, 3.63) is 83.2 Å². The normalized spacial score (nSPS) is 17.4. The van der Waals surface area contributed by atoms with Gasteiger partial charge in [-0.3, -0.25) is 0 Å². The highest BCUT2D eigenvalue weighted by Crippen LogP contribution is 2.39. The molecule has 0 N–H and O–H groups in total. The van der Waals surface area contributed by atoms with Crippen molar-refractivity contribution in [1.29, 1.82) is 0 Å². The van der Waals surface area contributed by atoms with E-state index in [1.165, 1.54) is 25.3 Å². The van der Waals surface area contributed by atoms with Gasteiger partial charge in [-0.05, 0) is 72.1 Å². The van der Waals surface area contributed by atoms with Crippen LogP contribution in [0.2, 0.25) is 0 Å². The van der Waals surface area contributed by atoms with Crippen LogP contribution in [0, 0.1) is 23.4 Å². The summed E-state index contributed by atoms with van der Waals surface area (Å²) in [5, 5.41) is 0. The quantitative estimate of drug-likeness (QED) is 0.220. The minimum Gasteiger partial charge on any atom is -0.491 e. The van der Waals surface area contributed by atoms with E-state index >= 15 is 4.39 Å². The highest BCUT2D eigenvalue weighted by atomic mass is 19.2. The Kier molecular flexibility index (Phi) is 10.1. The molecule has 1 aliphatic carbocycles. The second kappa shape index (κ2) is 13.7. The minimum atomic E-state index is -0.798. The van der Waals surface area contributed by atoms with Crippen molar-refractivity contribution in [3.63, 3.8) is 0 Å². The van der Waals surface area contributed by atoms with Crippen LogP contribution in [0.25, 0.3) is 11.1 Å². The molecule has 204 valence electrons. The van der Waals surface area contributed by atoms with Crippen molar-refractivity contribution in [2.75, 3.05) is 6.61 Å². The molecule has 0 unspecified atom stereocenters. The van der Waals surface area contributed by atoms with Gasteiger partial charge in [0, 0.05) is 5.56 Å². The number of hydrogen-bond donors (Lipinski definition) is 0. The summed E-state index contributed by atoms with van der Waals surface area (Å²) in [4.78, 5) is 0. The lowest BCUT2D eigenvalue weighted by Gasteiger charge is -2.27. The van der Waals surface area contributed by atoms with E-state index in [4.69, 9.17) is 9.47 Å². The summed E-state index contributed by atoms with van der Waals surface area (Å²) in [5.41, 5.74) is 2.00. The van der Waals surface area contributed by atoms with Gasteiger partial charge >= 0.3 is 0 Å². The fraction of sp³-hybridized carbons (Fsp3) is 0.455. The molecule has 0 saturated heterocycles. The number of rotatable bonds is 12. The van der Waals surface area contributed by atoms with Crippen molar-refractivity contribution in [3.8, 4) is 22.6 Å². The van der Waals surface area contributed by atoms with Gasteiger partial charge in [-0.2, -0.15) is 0 Å². The second-order valence-corrected chi connectivity index (χ2v) is 10.6. The van der Waals surface area contributed by atoms with E-state index in [9.17, 15) is 8.78 Å². The van der Waals surface area contributed by atoms with Crippen molar-refractivity contribution < 1.29 is 22.6 Å². The summed E-state index contributed by atoms with van der Waals surface area (Å²) < 4.78 is 55.8. The Bertz CT molecular complexity index is 1170. The SMILES string of the molecule is CCCCCCCOc1ccc(COc2ccc(-c3ccc(C4CCC(C)CC4)c(F)c3F)cc2)cc1F. The summed E-state index contributed by atoms with van der Waals surface area (Å²) >= 11 is 0. The largest absolute Gasteiger partial charge is 0.491 e. The molecule has 5 heteroatoms. The Morgan fingerprint density at radius 1 is 0.763 bits per heavy atom. The van der Waals surface area contributed by atoms with Crippen LogP contribution in [0.15, 0.2) is 54.6 Å². The maximum atomic E-state index is 15.0. The third-order valence-electron chi connectivity index (χ3n) is 7.64. The van der Waals surface area contributed by atoms with Crippen LogP contribution in [0.5, 0.6) is 11.5 Å². The third kappa shape index (κ3) is 7.33. The smallest absolute Gasteiger partial charge is 0.166 e. The first-order chi connectivity index (χ1) is 18.5. The molecule has 0 atom stereocenters. The lowest BCUT2D eigenvalue weighted by molar-refractivity contribution is 0.287. The molecule has 38 heavy (non-hydrogen) atoms. The van der Waals surface area contributed by atoms with Crippen LogP contribution >= 0.6 is 0 Å². The first kappa shape index (κ1) is 28.1. The van der Waals surface area contributed by atoms with Gasteiger partial charge in [0.1, 0.15) is 12.4 Å². The standard InChI is InChI=1S/C33H39F3O2/c1-3-4-5-6-7-20-37-31-19-10-24(21-30(31)34)22-38-27-15-13-26(14-16-27)29-18-17-28(32(35)33(29)36)25-11-8-23(2)9-12-25/h10,13-19,21,23,25H,3-9,11-12,20,22H2,1-2H3. The van der Waals surface area contributed by atoms with Crippen LogP contribution in [0.1, 0.15) is 88.7 Å². The fourth-order valence-electron chi connectivity index (χ4n) is 5.21. The Labute approximate surface area is 225 Å². The number of benzene rings is 3. The molecule has 1 fully saturated rings. The van der Waals surface area contributed by atoms with E-state index in [0.29, 0.717) is 35.0 Å². The average Bonchev–Trinajstić information content (AvgIpc) is 2.93. The molecule has 0 aromatic heterocycles. The number of hydrogen-bond acceptors (Lipinski definition) is 2. The molecule has 0 radical (unpaired) electrons. The van der Waals surface area contributed by atoms with Crippen LogP contribution in [-0.4, -0.2) is 6.61 Å². The van der Waals surface area contributed by atoms with Crippen molar-refractivity contribution >= 4 is 0 Å². The van der Waals surface area contributed by atoms with E-state index < -0.39 is 17.5 Å². The zero-order chi connectivity index (χ0) is 26.9. The summed E-state index contributed by atoms with van der Waals surface area (Å²) in [6.45, 7) is 5.08. The maximum absolute atomic E-state index is 15.0. The van der Waals surface area contributed by atoms with Crippen LogP contribution in [0.3, 0.4) is 0 Å². The Morgan fingerprint density at radius 2 is 1.50 bits per heavy atom. The van der Waals surface area contributed by atoms with Gasteiger partial charge < -0.3 is 9.47 Å². The molecule has 0 heterocycles. The Balaban J connectivity index is 1.32. The van der Waals surface area contributed by atoms with E-state index in [1.807, 2.05) is 0 Å².